The fourth-order valence-corrected chi connectivity index (χ4v) is 3.54. The average molecular weight is 388 g/mol. The van der Waals surface area contributed by atoms with Crippen LogP contribution >= 0.6 is 15.9 Å². The summed E-state index contributed by atoms with van der Waals surface area (Å²) in [6.07, 6.45) is -3.20. The van der Waals surface area contributed by atoms with E-state index >= 15 is 0 Å². The molecule has 1 rings (SSSR count). The SMILES string of the molecule is Cc1c(C(F)(F)F)cccc1S(=O)(=O)NCCCC(C)Br. The van der Waals surface area contributed by atoms with Crippen LogP contribution in [0.3, 0.4) is 0 Å². The highest BCUT2D eigenvalue weighted by molar-refractivity contribution is 9.09. The number of alkyl halides is 4. The molecule has 3 nitrogen and oxygen atoms in total. The maximum absolute atomic E-state index is 12.8. The van der Waals surface area contributed by atoms with Crippen LogP contribution in [-0.2, 0) is 16.2 Å². The van der Waals surface area contributed by atoms with Crippen LogP contribution in [-0.4, -0.2) is 19.8 Å². The van der Waals surface area contributed by atoms with Crippen LogP contribution in [0.5, 0.6) is 0 Å². The fourth-order valence-electron chi connectivity index (χ4n) is 1.88. The zero-order chi connectivity index (χ0) is 16.3. The summed E-state index contributed by atoms with van der Waals surface area (Å²) in [5, 5.41) is 0. The summed E-state index contributed by atoms with van der Waals surface area (Å²) in [5.41, 5.74) is -1.22. The van der Waals surface area contributed by atoms with Crippen molar-refractivity contribution >= 4 is 26.0 Å². The van der Waals surface area contributed by atoms with Gasteiger partial charge in [0.05, 0.1) is 10.5 Å². The summed E-state index contributed by atoms with van der Waals surface area (Å²) in [7, 11) is -3.94. The molecule has 1 unspecified atom stereocenters. The minimum absolute atomic E-state index is 0.188. The molecule has 120 valence electrons. The lowest BCUT2D eigenvalue weighted by molar-refractivity contribution is -0.138. The molecular formula is C13H17BrF3NO2S. The molecule has 1 atom stereocenters. The van der Waals surface area contributed by atoms with Crippen molar-refractivity contribution in [3.05, 3.63) is 29.3 Å². The van der Waals surface area contributed by atoms with Crippen molar-refractivity contribution in [1.82, 2.24) is 4.72 Å². The summed E-state index contributed by atoms with van der Waals surface area (Å²) >= 11 is 3.34. The molecule has 0 fully saturated rings. The first kappa shape index (κ1) is 18.4. The van der Waals surface area contributed by atoms with Gasteiger partial charge in [0, 0.05) is 11.4 Å². The van der Waals surface area contributed by atoms with E-state index in [1.54, 1.807) is 0 Å². The smallest absolute Gasteiger partial charge is 0.211 e. The number of nitrogens with one attached hydrogen (secondary N) is 1. The molecule has 1 aromatic rings. The van der Waals surface area contributed by atoms with Crippen LogP contribution in [0.25, 0.3) is 0 Å². The highest BCUT2D eigenvalue weighted by Crippen LogP contribution is 2.34. The molecule has 0 radical (unpaired) electrons. The summed E-state index contributed by atoms with van der Waals surface area (Å²) in [5.74, 6) is 0. The highest BCUT2D eigenvalue weighted by atomic mass is 79.9. The molecule has 0 bridgehead atoms. The molecule has 21 heavy (non-hydrogen) atoms. The average Bonchev–Trinajstić information content (AvgIpc) is 2.33. The molecule has 0 aliphatic carbocycles. The van der Waals surface area contributed by atoms with Crippen molar-refractivity contribution in [2.75, 3.05) is 6.54 Å². The third-order valence-electron chi connectivity index (χ3n) is 2.95. The van der Waals surface area contributed by atoms with Gasteiger partial charge in [0.1, 0.15) is 0 Å². The minimum Gasteiger partial charge on any atom is -0.211 e. The molecule has 0 saturated heterocycles. The molecule has 1 aromatic carbocycles. The Balaban J connectivity index is 2.94. The first-order valence-corrected chi connectivity index (χ1v) is 8.76. The molecule has 1 N–H and O–H groups in total. The third kappa shape index (κ3) is 5.27. The molecule has 0 aliphatic heterocycles. The maximum atomic E-state index is 12.8. The van der Waals surface area contributed by atoms with Crippen LogP contribution in [0, 0.1) is 6.92 Å². The van der Waals surface area contributed by atoms with E-state index in [1.807, 2.05) is 6.92 Å². The Morgan fingerprint density at radius 3 is 2.48 bits per heavy atom. The van der Waals surface area contributed by atoms with Gasteiger partial charge in [-0.3, -0.25) is 0 Å². The Kier molecular flexibility index (Phi) is 6.24. The number of rotatable bonds is 6. The van der Waals surface area contributed by atoms with Gasteiger partial charge >= 0.3 is 6.18 Å². The number of sulfonamides is 1. The van der Waals surface area contributed by atoms with Crippen LogP contribution in [0.4, 0.5) is 13.2 Å². The van der Waals surface area contributed by atoms with Gasteiger partial charge in [-0.25, -0.2) is 13.1 Å². The van der Waals surface area contributed by atoms with E-state index in [0.29, 0.717) is 6.42 Å². The summed E-state index contributed by atoms with van der Waals surface area (Å²) < 4.78 is 64.9. The Morgan fingerprint density at radius 2 is 1.95 bits per heavy atom. The molecule has 0 heterocycles. The molecule has 0 saturated carbocycles. The summed E-state index contributed by atoms with van der Waals surface area (Å²) in [6.45, 7) is 3.29. The van der Waals surface area contributed by atoms with Gasteiger partial charge in [-0.2, -0.15) is 13.2 Å². The van der Waals surface area contributed by atoms with Gasteiger partial charge < -0.3 is 0 Å². The van der Waals surface area contributed by atoms with Gasteiger partial charge in [0.25, 0.3) is 0 Å². The van der Waals surface area contributed by atoms with Crippen molar-refractivity contribution < 1.29 is 21.6 Å². The number of hydrogen-bond acceptors (Lipinski definition) is 2. The molecule has 0 spiro atoms. The lowest BCUT2D eigenvalue weighted by atomic mass is 10.1. The van der Waals surface area contributed by atoms with Crippen LogP contribution in [0.2, 0.25) is 0 Å². The zero-order valence-corrected chi connectivity index (χ0v) is 14.1. The molecule has 0 aliphatic rings. The second-order valence-corrected chi connectivity index (χ2v) is 8.05. The number of benzene rings is 1. The lowest BCUT2D eigenvalue weighted by Gasteiger charge is -2.14. The van der Waals surface area contributed by atoms with Crippen molar-refractivity contribution in [1.29, 1.82) is 0 Å². The van der Waals surface area contributed by atoms with Crippen LogP contribution in [0.15, 0.2) is 23.1 Å². The first-order chi connectivity index (χ1) is 9.55. The second kappa shape index (κ2) is 7.11. The van der Waals surface area contributed by atoms with Gasteiger partial charge in [-0.15, -0.1) is 0 Å². The normalized spacial score (nSPS) is 14.2. The van der Waals surface area contributed by atoms with E-state index in [2.05, 4.69) is 20.7 Å². The Bertz CT molecular complexity index is 586. The molecule has 0 aromatic heterocycles. The molecular weight excluding hydrogens is 371 g/mol. The Hall–Kier alpha value is -0.600. The van der Waals surface area contributed by atoms with Crippen LogP contribution < -0.4 is 4.72 Å². The maximum Gasteiger partial charge on any atom is 0.416 e. The van der Waals surface area contributed by atoms with E-state index in [4.69, 9.17) is 0 Å². The topological polar surface area (TPSA) is 46.2 Å². The zero-order valence-electron chi connectivity index (χ0n) is 11.7. The van der Waals surface area contributed by atoms with E-state index in [-0.39, 0.29) is 21.8 Å². The Morgan fingerprint density at radius 1 is 1.33 bits per heavy atom. The van der Waals surface area contributed by atoms with Crippen LogP contribution in [0.1, 0.15) is 30.9 Å². The summed E-state index contributed by atoms with van der Waals surface area (Å²) in [4.78, 5) is -0.0680. The predicted molar refractivity (Wildman–Crippen MR) is 79.0 cm³/mol. The standard InChI is InChI=1S/C13H17BrF3NO2S/c1-9(14)5-4-8-18-21(19,20)12-7-3-6-11(10(12)2)13(15,16)17/h3,6-7,9,18H,4-5,8H2,1-2H3. The minimum atomic E-state index is -4.57. The van der Waals surface area contributed by atoms with Gasteiger partial charge in [0.2, 0.25) is 10.0 Å². The monoisotopic (exact) mass is 387 g/mol. The van der Waals surface area contributed by atoms with Crippen molar-refractivity contribution in [3.63, 3.8) is 0 Å². The second-order valence-electron chi connectivity index (χ2n) is 4.75. The largest absolute Gasteiger partial charge is 0.416 e. The lowest BCUT2D eigenvalue weighted by Crippen LogP contribution is -2.26. The van der Waals surface area contributed by atoms with Crippen molar-refractivity contribution in [3.8, 4) is 0 Å². The van der Waals surface area contributed by atoms with E-state index in [1.165, 1.54) is 6.07 Å². The molecule has 8 heteroatoms. The Labute approximate surface area is 131 Å². The predicted octanol–water partition coefficient (Wildman–Crippen LogP) is 3.86. The van der Waals surface area contributed by atoms with Crippen molar-refractivity contribution in [2.24, 2.45) is 0 Å². The fraction of sp³-hybridized carbons (Fsp3) is 0.538. The first-order valence-electron chi connectivity index (χ1n) is 6.36. The highest BCUT2D eigenvalue weighted by Gasteiger charge is 2.34. The molecule has 0 amide bonds. The van der Waals surface area contributed by atoms with E-state index in [0.717, 1.165) is 25.5 Å². The van der Waals surface area contributed by atoms with Crippen molar-refractivity contribution in [2.45, 2.75) is 42.6 Å². The third-order valence-corrected chi connectivity index (χ3v) is 5.01. The van der Waals surface area contributed by atoms with E-state index < -0.39 is 21.8 Å². The van der Waals surface area contributed by atoms with Gasteiger partial charge in [0.15, 0.2) is 0 Å². The number of halogens is 4. The van der Waals surface area contributed by atoms with Gasteiger partial charge in [-0.1, -0.05) is 28.9 Å². The number of hydrogen-bond donors (Lipinski definition) is 1. The van der Waals surface area contributed by atoms with E-state index in [9.17, 15) is 21.6 Å². The van der Waals surface area contributed by atoms with Gasteiger partial charge in [-0.05, 0) is 37.5 Å². The summed E-state index contributed by atoms with van der Waals surface area (Å²) in [6, 6.07) is 3.16. The quantitative estimate of drug-likeness (QED) is 0.594.